The average Bonchev–Trinajstić information content (AvgIpc) is 2.94. The topological polar surface area (TPSA) is 76.9 Å². The number of nitrogens with one attached hydrogen (secondary N) is 1. The first-order chi connectivity index (χ1) is 8.99. The minimum atomic E-state index is -3.52. The molecule has 0 bridgehead atoms. The Bertz CT molecular complexity index is 637. The fourth-order valence-corrected chi connectivity index (χ4v) is 4.40. The third kappa shape index (κ3) is 3.75. The maximum Gasteiger partial charge on any atom is 0.251 e. The molecule has 19 heavy (non-hydrogen) atoms. The van der Waals surface area contributed by atoms with Gasteiger partial charge in [0.25, 0.3) is 10.0 Å². The Kier molecular flexibility index (Phi) is 4.56. The van der Waals surface area contributed by atoms with E-state index < -0.39 is 10.0 Å². The first-order valence-corrected chi connectivity index (χ1v) is 8.27. The first kappa shape index (κ1) is 14.4. The zero-order valence-electron chi connectivity index (χ0n) is 10.2. The van der Waals surface area contributed by atoms with E-state index in [0.29, 0.717) is 25.2 Å². The van der Waals surface area contributed by atoms with Crippen LogP contribution in [0.25, 0.3) is 0 Å². The molecule has 2 rings (SSSR count). The van der Waals surface area contributed by atoms with Crippen LogP contribution in [0.15, 0.2) is 22.7 Å². The smallest absolute Gasteiger partial charge is 0.251 e. The minimum Gasteiger partial charge on any atom is -0.273 e. The van der Waals surface area contributed by atoms with Crippen molar-refractivity contribution in [3.05, 3.63) is 28.6 Å². The summed E-state index contributed by atoms with van der Waals surface area (Å²) < 4.78 is 28.7. The van der Waals surface area contributed by atoms with Gasteiger partial charge in [-0.25, -0.2) is 18.1 Å². The molecule has 0 aliphatic carbocycles. The van der Waals surface area contributed by atoms with Crippen LogP contribution in [0.1, 0.15) is 12.1 Å². The predicted octanol–water partition coefficient (Wildman–Crippen LogP) is 1.67. The number of sulfonamides is 1. The van der Waals surface area contributed by atoms with Crippen molar-refractivity contribution in [1.29, 1.82) is 0 Å². The van der Waals surface area contributed by atoms with Gasteiger partial charge in [0.2, 0.25) is 0 Å². The van der Waals surface area contributed by atoms with Gasteiger partial charge in [-0.1, -0.05) is 22.9 Å². The quantitative estimate of drug-likeness (QED) is 0.821. The van der Waals surface area contributed by atoms with Crippen LogP contribution >= 0.6 is 22.9 Å². The molecule has 0 amide bonds. The van der Waals surface area contributed by atoms with Gasteiger partial charge in [-0.05, 0) is 19.4 Å². The highest BCUT2D eigenvalue weighted by Crippen LogP contribution is 2.26. The van der Waals surface area contributed by atoms with Crippen LogP contribution in [-0.2, 0) is 16.6 Å². The average molecular weight is 321 g/mol. The molecule has 0 aliphatic rings. The molecular weight excluding hydrogens is 308 g/mol. The molecule has 104 valence electrons. The molecule has 0 atom stereocenters. The van der Waals surface area contributed by atoms with Crippen LogP contribution in [0, 0.1) is 6.92 Å². The molecule has 0 radical (unpaired) electrons. The van der Waals surface area contributed by atoms with Crippen LogP contribution in [0.5, 0.6) is 0 Å². The Balaban J connectivity index is 1.89. The van der Waals surface area contributed by atoms with Crippen LogP contribution in [0.3, 0.4) is 0 Å². The molecule has 0 saturated heterocycles. The first-order valence-electron chi connectivity index (χ1n) is 5.59. The Morgan fingerprint density at radius 1 is 1.53 bits per heavy atom. The maximum absolute atomic E-state index is 12.0. The summed E-state index contributed by atoms with van der Waals surface area (Å²) in [4.78, 5) is 3.90. The lowest BCUT2D eigenvalue weighted by Crippen LogP contribution is -2.25. The van der Waals surface area contributed by atoms with Gasteiger partial charge in [-0.15, -0.1) is 0 Å². The van der Waals surface area contributed by atoms with Crippen LogP contribution in [0.2, 0.25) is 4.47 Å². The summed E-state index contributed by atoms with van der Waals surface area (Å²) in [5, 5.41) is 4.04. The molecule has 1 N–H and O–H groups in total. The molecular formula is C10H13ClN4O2S2. The number of thiazole rings is 1. The third-order valence-corrected chi connectivity index (χ3v) is 5.72. The lowest BCUT2D eigenvalue weighted by atomic mass is 10.4. The second kappa shape index (κ2) is 6.00. The highest BCUT2D eigenvalue weighted by Gasteiger charge is 2.20. The van der Waals surface area contributed by atoms with E-state index >= 15 is 0 Å². The molecule has 0 saturated carbocycles. The lowest BCUT2D eigenvalue weighted by molar-refractivity contribution is 0.553. The van der Waals surface area contributed by atoms with Crippen molar-refractivity contribution in [2.24, 2.45) is 0 Å². The SMILES string of the molecule is Cc1nc(Cl)sc1S(=O)(=O)NCCCn1cccn1. The maximum atomic E-state index is 12.0. The molecule has 6 nitrogen and oxygen atoms in total. The molecule has 2 aromatic rings. The van der Waals surface area contributed by atoms with Gasteiger partial charge in [0.05, 0.1) is 5.69 Å². The van der Waals surface area contributed by atoms with Gasteiger partial charge in [-0.3, -0.25) is 4.68 Å². The monoisotopic (exact) mass is 320 g/mol. The number of nitrogens with zero attached hydrogens (tertiary/aromatic N) is 3. The molecule has 0 spiro atoms. The summed E-state index contributed by atoms with van der Waals surface area (Å²) in [5.74, 6) is 0. The minimum absolute atomic E-state index is 0.177. The van der Waals surface area contributed by atoms with Crippen LogP contribution < -0.4 is 4.72 Å². The second-order valence-electron chi connectivity index (χ2n) is 3.86. The van der Waals surface area contributed by atoms with Crippen molar-refractivity contribution in [3.63, 3.8) is 0 Å². The number of aromatic nitrogens is 3. The molecule has 0 aliphatic heterocycles. The van der Waals surface area contributed by atoms with Crippen molar-refractivity contribution >= 4 is 33.0 Å². The third-order valence-electron chi connectivity index (χ3n) is 2.39. The van der Waals surface area contributed by atoms with E-state index in [4.69, 9.17) is 11.6 Å². The zero-order valence-corrected chi connectivity index (χ0v) is 12.6. The van der Waals surface area contributed by atoms with Gasteiger partial charge < -0.3 is 0 Å². The molecule has 0 aromatic carbocycles. The van der Waals surface area contributed by atoms with Gasteiger partial charge in [0.1, 0.15) is 0 Å². The molecule has 0 unspecified atom stereocenters. The number of halogens is 1. The summed E-state index contributed by atoms with van der Waals surface area (Å²) in [6.45, 7) is 2.63. The molecule has 2 heterocycles. The van der Waals surface area contributed by atoms with Crippen LogP contribution in [-0.4, -0.2) is 29.7 Å². The fraction of sp³-hybridized carbons (Fsp3) is 0.400. The molecule has 0 fully saturated rings. The Morgan fingerprint density at radius 3 is 2.89 bits per heavy atom. The largest absolute Gasteiger partial charge is 0.273 e. The van der Waals surface area contributed by atoms with Gasteiger partial charge in [0, 0.05) is 25.5 Å². The predicted molar refractivity (Wildman–Crippen MR) is 73.9 cm³/mol. The molecule has 2 aromatic heterocycles. The van der Waals surface area contributed by atoms with E-state index in [1.165, 1.54) is 0 Å². The number of aryl methyl sites for hydroxylation is 2. The van der Waals surface area contributed by atoms with Gasteiger partial charge in [-0.2, -0.15) is 5.10 Å². The van der Waals surface area contributed by atoms with Crippen molar-refractivity contribution in [2.45, 2.75) is 24.1 Å². The lowest BCUT2D eigenvalue weighted by Gasteiger charge is -2.05. The Labute approximate surface area is 120 Å². The van der Waals surface area contributed by atoms with Crippen molar-refractivity contribution < 1.29 is 8.42 Å². The Hall–Kier alpha value is -0.960. The van der Waals surface area contributed by atoms with E-state index in [2.05, 4.69) is 14.8 Å². The molecule has 9 heteroatoms. The van der Waals surface area contributed by atoms with E-state index in [1.54, 1.807) is 17.8 Å². The normalized spacial score (nSPS) is 11.9. The summed E-state index contributed by atoms with van der Waals surface area (Å²) in [6.07, 6.45) is 4.18. The highest BCUT2D eigenvalue weighted by molar-refractivity contribution is 7.91. The highest BCUT2D eigenvalue weighted by atomic mass is 35.5. The van der Waals surface area contributed by atoms with Crippen LogP contribution in [0.4, 0.5) is 0 Å². The summed E-state index contributed by atoms with van der Waals surface area (Å²) in [6, 6.07) is 1.83. The zero-order chi connectivity index (χ0) is 13.9. The number of rotatable bonds is 6. The second-order valence-corrected chi connectivity index (χ2v) is 7.40. The van der Waals surface area contributed by atoms with Crippen molar-refractivity contribution in [2.75, 3.05) is 6.54 Å². The fourth-order valence-electron chi connectivity index (χ4n) is 1.55. The van der Waals surface area contributed by atoms with Gasteiger partial charge in [0.15, 0.2) is 8.68 Å². The van der Waals surface area contributed by atoms with E-state index in [1.807, 2.05) is 12.3 Å². The standard InChI is InChI=1S/C10H13ClN4O2S2/c1-8-9(18-10(11)14-8)19(16,17)13-5-3-7-15-6-2-4-12-15/h2,4,6,13H,3,5,7H2,1H3. The van der Waals surface area contributed by atoms with E-state index in [-0.39, 0.29) is 8.68 Å². The van der Waals surface area contributed by atoms with E-state index in [9.17, 15) is 8.42 Å². The Morgan fingerprint density at radius 2 is 2.32 bits per heavy atom. The summed E-state index contributed by atoms with van der Waals surface area (Å²) >= 11 is 6.67. The summed E-state index contributed by atoms with van der Waals surface area (Å²) in [5.41, 5.74) is 0.426. The van der Waals surface area contributed by atoms with Gasteiger partial charge >= 0.3 is 0 Å². The summed E-state index contributed by atoms with van der Waals surface area (Å²) in [7, 11) is -3.52. The van der Waals surface area contributed by atoms with E-state index in [0.717, 1.165) is 11.3 Å². The number of hydrogen-bond acceptors (Lipinski definition) is 5. The number of hydrogen-bond donors (Lipinski definition) is 1. The van der Waals surface area contributed by atoms with Crippen molar-refractivity contribution in [1.82, 2.24) is 19.5 Å². The van der Waals surface area contributed by atoms with Crippen molar-refractivity contribution in [3.8, 4) is 0 Å².